The minimum absolute atomic E-state index is 0.500. The second-order valence-electron chi connectivity index (χ2n) is 10.2. The van der Waals surface area contributed by atoms with Crippen molar-refractivity contribution in [2.75, 3.05) is 13.2 Å². The van der Waals surface area contributed by atoms with Crippen LogP contribution in [-0.2, 0) is 4.74 Å². The maximum absolute atomic E-state index is 12.8. The van der Waals surface area contributed by atoms with Gasteiger partial charge in [-0.1, -0.05) is 41.5 Å². The zero-order valence-electron chi connectivity index (χ0n) is 18.1. The van der Waals surface area contributed by atoms with Crippen molar-refractivity contribution in [2.45, 2.75) is 105 Å². The molecule has 0 aromatic rings. The summed E-state index contributed by atoms with van der Waals surface area (Å²) in [6.45, 7) is 17.6. The topological polar surface area (TPSA) is 29.5 Å². The first-order chi connectivity index (χ1) is 11.2. The quantitative estimate of drug-likeness (QED) is 0.468. The molecule has 2 fully saturated rings. The number of hydrogen-bond acceptors (Lipinski definition) is 2. The predicted octanol–water partition coefficient (Wildman–Crippen LogP) is 6.70. The smallest absolute Gasteiger partial charge is 0.381 e. The Bertz CT molecular complexity index is 339. The molecule has 26 heavy (non-hydrogen) atoms. The molecule has 160 valence electrons. The molecule has 1 saturated heterocycles. The Kier molecular flexibility index (Phi) is 11.0. The Morgan fingerprint density at radius 1 is 0.769 bits per heavy atom. The molecule has 0 aromatic heterocycles. The number of hydrogen-bond donors (Lipinski definition) is 1. The molecule has 2 aliphatic rings. The lowest BCUT2D eigenvalue weighted by Gasteiger charge is -2.24. The van der Waals surface area contributed by atoms with Gasteiger partial charge < -0.3 is 9.84 Å². The van der Waals surface area contributed by atoms with Gasteiger partial charge in [0.25, 0.3) is 0 Å². The van der Waals surface area contributed by atoms with E-state index in [2.05, 4.69) is 41.5 Å². The molecule has 0 atom stereocenters. The lowest BCUT2D eigenvalue weighted by Crippen LogP contribution is -2.38. The van der Waals surface area contributed by atoms with Crippen LogP contribution >= 0.6 is 0 Å². The summed E-state index contributed by atoms with van der Waals surface area (Å²) in [5.41, 5.74) is -2.26. The van der Waals surface area contributed by atoms with Crippen molar-refractivity contribution in [3.63, 3.8) is 0 Å². The van der Waals surface area contributed by atoms with E-state index >= 15 is 0 Å². The largest absolute Gasteiger partial charge is 0.416 e. The molecule has 0 aromatic carbocycles. The molecule has 0 amide bonds. The highest BCUT2D eigenvalue weighted by atomic mass is 19.4. The van der Waals surface area contributed by atoms with Crippen LogP contribution in [0.3, 0.4) is 0 Å². The molecule has 2 rings (SSSR count). The fourth-order valence-corrected chi connectivity index (χ4v) is 1.05. The first kappa shape index (κ1) is 27.9. The van der Waals surface area contributed by atoms with E-state index < -0.39 is 17.4 Å². The number of aliphatic hydroxyl groups is 1. The third kappa shape index (κ3) is 21.7. The summed E-state index contributed by atoms with van der Waals surface area (Å²) in [5.74, 6) is 0. The van der Waals surface area contributed by atoms with Crippen LogP contribution in [0.25, 0.3) is 0 Å². The van der Waals surface area contributed by atoms with E-state index in [1.54, 1.807) is 6.92 Å². The normalized spacial score (nSPS) is 21.0. The molecule has 0 unspecified atom stereocenters. The van der Waals surface area contributed by atoms with E-state index in [0.717, 1.165) is 5.41 Å². The average Bonchev–Trinajstić information content (AvgIpc) is 3.01. The standard InChI is InChI=1S/C6H11FO.C5H10.C5H12.C4H7F3O/c1-6(7)2-4-8-5-3-6;1-5(2)3-4-5;1-5(2,3)4;1-3(2,8)4(5,6)7/h2-5H2,1H3;3-4H2,1-2H3;1-4H3;8H,1-2H3. The van der Waals surface area contributed by atoms with Gasteiger partial charge in [-0.2, -0.15) is 13.2 Å². The van der Waals surface area contributed by atoms with Gasteiger partial charge in [0.15, 0.2) is 5.60 Å². The van der Waals surface area contributed by atoms with Gasteiger partial charge in [-0.15, -0.1) is 0 Å². The summed E-state index contributed by atoms with van der Waals surface area (Å²) >= 11 is 0. The molecule has 0 bridgehead atoms. The van der Waals surface area contributed by atoms with Crippen molar-refractivity contribution in [1.82, 2.24) is 0 Å². The van der Waals surface area contributed by atoms with Crippen molar-refractivity contribution >= 4 is 0 Å². The van der Waals surface area contributed by atoms with Crippen LogP contribution in [0.4, 0.5) is 17.6 Å². The van der Waals surface area contributed by atoms with Crippen LogP contribution in [0, 0.1) is 10.8 Å². The summed E-state index contributed by atoms with van der Waals surface area (Å²) in [4.78, 5) is 0. The number of rotatable bonds is 0. The Morgan fingerprint density at radius 2 is 1.00 bits per heavy atom. The van der Waals surface area contributed by atoms with Crippen molar-refractivity contribution in [1.29, 1.82) is 0 Å². The van der Waals surface area contributed by atoms with Crippen molar-refractivity contribution in [2.24, 2.45) is 10.8 Å². The van der Waals surface area contributed by atoms with E-state index in [0.29, 0.717) is 45.3 Å². The lowest BCUT2D eigenvalue weighted by atomic mass is 10.00. The van der Waals surface area contributed by atoms with Crippen LogP contribution < -0.4 is 0 Å². The van der Waals surface area contributed by atoms with E-state index in [1.807, 2.05) is 0 Å². The van der Waals surface area contributed by atoms with E-state index in [4.69, 9.17) is 9.84 Å². The summed E-state index contributed by atoms with van der Waals surface area (Å²) in [6.07, 6.45) is -0.479. The molecule has 0 radical (unpaired) electrons. The zero-order chi connectivity index (χ0) is 21.4. The average molecular weight is 389 g/mol. The third-order valence-electron chi connectivity index (χ3n) is 3.48. The summed E-state index contributed by atoms with van der Waals surface area (Å²) in [5, 5.41) is 8.23. The van der Waals surface area contributed by atoms with Gasteiger partial charge in [-0.25, -0.2) is 4.39 Å². The fraction of sp³-hybridized carbons (Fsp3) is 1.00. The maximum atomic E-state index is 12.8. The molecule has 1 aliphatic carbocycles. The van der Waals surface area contributed by atoms with Gasteiger partial charge in [0.1, 0.15) is 5.67 Å². The van der Waals surface area contributed by atoms with Crippen LogP contribution in [-0.4, -0.2) is 35.8 Å². The summed E-state index contributed by atoms with van der Waals surface area (Å²) in [6, 6.07) is 0. The van der Waals surface area contributed by atoms with Crippen LogP contribution in [0.2, 0.25) is 0 Å². The van der Waals surface area contributed by atoms with Gasteiger partial charge >= 0.3 is 6.18 Å². The molecule has 2 nitrogen and oxygen atoms in total. The highest BCUT2D eigenvalue weighted by molar-refractivity contribution is 4.82. The van der Waals surface area contributed by atoms with E-state index in [9.17, 15) is 17.6 Å². The number of ether oxygens (including phenoxy) is 1. The molecule has 1 N–H and O–H groups in total. The van der Waals surface area contributed by atoms with E-state index in [1.165, 1.54) is 12.8 Å². The molecule has 1 aliphatic heterocycles. The Balaban J connectivity index is 0. The fourth-order valence-electron chi connectivity index (χ4n) is 1.05. The molecular weight excluding hydrogens is 348 g/mol. The molecular formula is C20H40F4O2. The number of halogens is 4. The second kappa shape index (κ2) is 10.3. The molecule has 1 saturated carbocycles. The van der Waals surface area contributed by atoms with Crippen molar-refractivity contribution in [3.8, 4) is 0 Å². The molecule has 0 spiro atoms. The van der Waals surface area contributed by atoms with Gasteiger partial charge in [-0.05, 0) is 44.4 Å². The highest BCUT2D eigenvalue weighted by Gasteiger charge is 2.45. The van der Waals surface area contributed by atoms with Crippen LogP contribution in [0.5, 0.6) is 0 Å². The van der Waals surface area contributed by atoms with Crippen molar-refractivity contribution < 1.29 is 27.4 Å². The summed E-state index contributed by atoms with van der Waals surface area (Å²) < 4.78 is 51.7. The Labute approximate surface area is 157 Å². The van der Waals surface area contributed by atoms with Crippen molar-refractivity contribution in [3.05, 3.63) is 0 Å². The Morgan fingerprint density at radius 3 is 1.08 bits per heavy atom. The van der Waals surface area contributed by atoms with E-state index in [-0.39, 0.29) is 0 Å². The van der Waals surface area contributed by atoms with Gasteiger partial charge in [0.05, 0.1) is 0 Å². The molecule has 6 heteroatoms. The minimum Gasteiger partial charge on any atom is -0.381 e. The van der Waals surface area contributed by atoms with Gasteiger partial charge in [-0.3, -0.25) is 0 Å². The molecule has 1 heterocycles. The summed E-state index contributed by atoms with van der Waals surface area (Å²) in [7, 11) is 0. The van der Waals surface area contributed by atoms with Crippen LogP contribution in [0.1, 0.15) is 88.0 Å². The predicted molar refractivity (Wildman–Crippen MR) is 100 cm³/mol. The monoisotopic (exact) mass is 388 g/mol. The van der Waals surface area contributed by atoms with Gasteiger partial charge in [0, 0.05) is 26.1 Å². The third-order valence-corrected chi connectivity index (χ3v) is 3.48. The first-order valence-electron chi connectivity index (χ1n) is 9.22. The maximum Gasteiger partial charge on any atom is 0.416 e. The van der Waals surface area contributed by atoms with Gasteiger partial charge in [0.2, 0.25) is 0 Å². The minimum atomic E-state index is -4.51. The SMILES string of the molecule is CC(C)(C)C.CC(C)(O)C(F)(F)F.CC1(C)CC1.CC1(F)CCOCC1. The second-order valence-corrected chi connectivity index (χ2v) is 10.2. The first-order valence-corrected chi connectivity index (χ1v) is 9.22. The lowest BCUT2D eigenvalue weighted by molar-refractivity contribution is -0.245. The number of alkyl halides is 4. The zero-order valence-corrected chi connectivity index (χ0v) is 18.1. The highest BCUT2D eigenvalue weighted by Crippen LogP contribution is 2.43. The van der Waals surface area contributed by atoms with Crippen LogP contribution in [0.15, 0.2) is 0 Å². The Hall–Kier alpha value is -0.360.